The quantitative estimate of drug-likeness (QED) is 0.499. The molecular formula is C20H15FN2OS. The normalized spacial score (nSPS) is 10.6. The van der Waals surface area contributed by atoms with Crippen LogP contribution in [0.2, 0.25) is 0 Å². The molecule has 2 aromatic carbocycles. The summed E-state index contributed by atoms with van der Waals surface area (Å²) in [5.74, 6) is -0.363. The molecule has 0 fully saturated rings. The van der Waals surface area contributed by atoms with Gasteiger partial charge in [0.15, 0.2) is 5.78 Å². The third-order valence-electron chi connectivity index (χ3n) is 3.84. The second-order valence-corrected chi connectivity index (χ2v) is 6.79. The third-order valence-corrected chi connectivity index (χ3v) is 4.84. The molecule has 1 aromatic heterocycles. The average molecular weight is 350 g/mol. The summed E-state index contributed by atoms with van der Waals surface area (Å²) in [4.78, 5) is 16.8. The van der Waals surface area contributed by atoms with Gasteiger partial charge in [0.1, 0.15) is 16.9 Å². The molecule has 0 spiro atoms. The first kappa shape index (κ1) is 17.1. The van der Waals surface area contributed by atoms with Crippen molar-refractivity contribution < 1.29 is 9.18 Å². The number of hydrogen-bond acceptors (Lipinski definition) is 4. The van der Waals surface area contributed by atoms with E-state index in [1.54, 1.807) is 0 Å². The number of carbonyl (C=O) groups is 1. The SMILES string of the molecule is Cc1cc(C)c2nc(SCC(=O)c3ccc(F)cc3)c(C#N)cc2c1. The van der Waals surface area contributed by atoms with E-state index in [1.165, 1.54) is 36.0 Å². The molecule has 0 amide bonds. The summed E-state index contributed by atoms with van der Waals surface area (Å²) in [7, 11) is 0. The Morgan fingerprint density at radius 3 is 2.60 bits per heavy atom. The van der Waals surface area contributed by atoms with Gasteiger partial charge in [-0.15, -0.1) is 0 Å². The van der Waals surface area contributed by atoms with Gasteiger partial charge in [0.2, 0.25) is 0 Å². The molecule has 0 bridgehead atoms. The van der Waals surface area contributed by atoms with Crippen LogP contribution in [0.4, 0.5) is 4.39 Å². The molecule has 124 valence electrons. The number of thioether (sulfide) groups is 1. The molecule has 0 radical (unpaired) electrons. The van der Waals surface area contributed by atoms with Crippen LogP contribution >= 0.6 is 11.8 Å². The standard InChI is InChI=1S/C20H15FN2OS/c1-12-7-13(2)19-15(8-12)9-16(10-22)20(23-19)25-11-18(24)14-3-5-17(21)6-4-14/h3-9H,11H2,1-2H3. The van der Waals surface area contributed by atoms with E-state index in [0.29, 0.717) is 16.2 Å². The van der Waals surface area contributed by atoms with Crippen molar-refractivity contribution in [3.05, 3.63) is 70.5 Å². The molecular weight excluding hydrogens is 335 g/mol. The summed E-state index contributed by atoms with van der Waals surface area (Å²) < 4.78 is 13.0. The zero-order chi connectivity index (χ0) is 18.0. The molecule has 0 aliphatic rings. The summed E-state index contributed by atoms with van der Waals surface area (Å²) >= 11 is 1.23. The number of aryl methyl sites for hydroxylation is 2. The summed E-state index contributed by atoms with van der Waals surface area (Å²) in [5, 5.41) is 10.9. The number of pyridine rings is 1. The molecule has 25 heavy (non-hydrogen) atoms. The van der Waals surface area contributed by atoms with Crippen molar-refractivity contribution in [2.75, 3.05) is 5.75 Å². The second kappa shape index (κ2) is 7.04. The number of carbonyl (C=O) groups excluding carboxylic acids is 1. The van der Waals surface area contributed by atoms with Gasteiger partial charge >= 0.3 is 0 Å². The largest absolute Gasteiger partial charge is 0.293 e. The highest BCUT2D eigenvalue weighted by atomic mass is 32.2. The van der Waals surface area contributed by atoms with Gasteiger partial charge in [0.25, 0.3) is 0 Å². The fourth-order valence-corrected chi connectivity index (χ4v) is 3.53. The summed E-state index contributed by atoms with van der Waals surface area (Å²) in [6.07, 6.45) is 0. The molecule has 0 unspecified atom stereocenters. The molecule has 5 heteroatoms. The second-order valence-electron chi connectivity index (χ2n) is 5.83. The highest BCUT2D eigenvalue weighted by molar-refractivity contribution is 8.00. The lowest BCUT2D eigenvalue weighted by atomic mass is 10.1. The van der Waals surface area contributed by atoms with E-state index in [1.807, 2.05) is 32.0 Å². The molecule has 1 heterocycles. The van der Waals surface area contributed by atoms with Crippen molar-refractivity contribution in [2.45, 2.75) is 18.9 Å². The lowest BCUT2D eigenvalue weighted by molar-refractivity contribution is 0.102. The molecule has 0 aliphatic heterocycles. The van der Waals surface area contributed by atoms with E-state index in [0.717, 1.165) is 22.0 Å². The lowest BCUT2D eigenvalue weighted by Gasteiger charge is -2.08. The molecule has 0 saturated heterocycles. The Balaban J connectivity index is 1.89. The smallest absolute Gasteiger partial charge is 0.173 e. The van der Waals surface area contributed by atoms with E-state index in [2.05, 4.69) is 11.1 Å². The van der Waals surface area contributed by atoms with Gasteiger partial charge in [-0.3, -0.25) is 4.79 Å². The Kier molecular flexibility index (Phi) is 4.82. The molecule has 3 aromatic rings. The number of Topliss-reactive ketones (excluding diaryl/α,β-unsaturated/α-hetero) is 1. The molecule has 3 rings (SSSR count). The van der Waals surface area contributed by atoms with Crippen LogP contribution in [0.25, 0.3) is 10.9 Å². The number of hydrogen-bond donors (Lipinski definition) is 0. The fourth-order valence-electron chi connectivity index (χ4n) is 2.68. The Hall–Kier alpha value is -2.71. The number of nitriles is 1. The highest BCUT2D eigenvalue weighted by Crippen LogP contribution is 2.27. The third kappa shape index (κ3) is 3.70. The van der Waals surface area contributed by atoms with E-state index in [9.17, 15) is 14.4 Å². The van der Waals surface area contributed by atoms with Crippen molar-refractivity contribution in [1.82, 2.24) is 4.98 Å². The van der Waals surface area contributed by atoms with Crippen molar-refractivity contribution in [2.24, 2.45) is 0 Å². The number of aromatic nitrogens is 1. The number of rotatable bonds is 4. The summed E-state index contributed by atoms with van der Waals surface area (Å²) in [6, 6.07) is 13.5. The predicted molar refractivity (Wildman–Crippen MR) is 97.4 cm³/mol. The summed E-state index contributed by atoms with van der Waals surface area (Å²) in [6.45, 7) is 3.98. The highest BCUT2D eigenvalue weighted by Gasteiger charge is 2.13. The van der Waals surface area contributed by atoms with Crippen LogP contribution in [0.3, 0.4) is 0 Å². The topological polar surface area (TPSA) is 53.8 Å². The zero-order valence-corrected chi connectivity index (χ0v) is 14.7. The number of benzene rings is 2. The van der Waals surface area contributed by atoms with Crippen LogP contribution in [0.5, 0.6) is 0 Å². The first-order chi connectivity index (χ1) is 12.0. The predicted octanol–water partition coefficient (Wildman–Crippen LogP) is 4.84. The van der Waals surface area contributed by atoms with E-state index in [-0.39, 0.29) is 17.4 Å². The molecule has 0 saturated carbocycles. The summed E-state index contributed by atoms with van der Waals surface area (Å²) in [5.41, 5.74) is 3.88. The van der Waals surface area contributed by atoms with Crippen molar-refractivity contribution in [3.8, 4) is 6.07 Å². The maximum Gasteiger partial charge on any atom is 0.173 e. The van der Waals surface area contributed by atoms with Crippen LogP contribution in [0.15, 0.2) is 47.5 Å². The van der Waals surface area contributed by atoms with Crippen LogP contribution in [-0.2, 0) is 0 Å². The average Bonchev–Trinajstić information content (AvgIpc) is 2.59. The van der Waals surface area contributed by atoms with Crippen LogP contribution in [0.1, 0.15) is 27.0 Å². The minimum absolute atomic E-state index is 0.128. The Morgan fingerprint density at radius 1 is 1.20 bits per heavy atom. The van der Waals surface area contributed by atoms with Crippen molar-refractivity contribution >= 4 is 28.4 Å². The molecule has 0 N–H and O–H groups in total. The lowest BCUT2D eigenvalue weighted by Crippen LogP contribution is -2.03. The Labute approximate surface area is 149 Å². The molecule has 0 aliphatic carbocycles. The van der Waals surface area contributed by atoms with E-state index in [4.69, 9.17) is 0 Å². The zero-order valence-electron chi connectivity index (χ0n) is 13.8. The van der Waals surface area contributed by atoms with Gasteiger partial charge in [-0.05, 0) is 55.8 Å². The van der Waals surface area contributed by atoms with Crippen LogP contribution in [-0.4, -0.2) is 16.5 Å². The fraction of sp³-hybridized carbons (Fsp3) is 0.150. The van der Waals surface area contributed by atoms with E-state index < -0.39 is 0 Å². The van der Waals surface area contributed by atoms with Gasteiger partial charge in [-0.2, -0.15) is 5.26 Å². The maximum absolute atomic E-state index is 13.0. The Morgan fingerprint density at radius 2 is 1.92 bits per heavy atom. The minimum Gasteiger partial charge on any atom is -0.293 e. The number of halogens is 1. The van der Waals surface area contributed by atoms with Gasteiger partial charge in [0.05, 0.1) is 16.8 Å². The maximum atomic E-state index is 13.0. The Bertz CT molecular complexity index is 1010. The van der Waals surface area contributed by atoms with E-state index >= 15 is 0 Å². The van der Waals surface area contributed by atoms with Crippen LogP contribution < -0.4 is 0 Å². The minimum atomic E-state index is -0.377. The first-order valence-electron chi connectivity index (χ1n) is 7.71. The molecule has 3 nitrogen and oxygen atoms in total. The van der Waals surface area contributed by atoms with Crippen molar-refractivity contribution in [3.63, 3.8) is 0 Å². The van der Waals surface area contributed by atoms with Gasteiger partial charge < -0.3 is 0 Å². The number of nitrogens with zero attached hydrogens (tertiary/aromatic N) is 2. The van der Waals surface area contributed by atoms with Crippen LogP contribution in [0, 0.1) is 31.0 Å². The van der Waals surface area contributed by atoms with Gasteiger partial charge in [0, 0.05) is 10.9 Å². The molecule has 0 atom stereocenters. The monoisotopic (exact) mass is 350 g/mol. The van der Waals surface area contributed by atoms with Crippen molar-refractivity contribution in [1.29, 1.82) is 5.26 Å². The number of fused-ring (bicyclic) bond motifs is 1. The van der Waals surface area contributed by atoms with Gasteiger partial charge in [-0.25, -0.2) is 9.37 Å². The van der Waals surface area contributed by atoms with Gasteiger partial charge in [-0.1, -0.05) is 23.4 Å². The number of ketones is 1. The first-order valence-corrected chi connectivity index (χ1v) is 8.70.